The molecule has 8 heteroatoms. The number of ether oxygens (including phenoxy) is 4. The molecule has 0 radical (unpaired) electrons. The van der Waals surface area contributed by atoms with E-state index in [2.05, 4.69) is 5.32 Å². The molecule has 1 aliphatic carbocycles. The minimum atomic E-state index is -0.438. The van der Waals surface area contributed by atoms with Gasteiger partial charge in [0.05, 0.1) is 6.61 Å². The van der Waals surface area contributed by atoms with Gasteiger partial charge in [0.15, 0.2) is 17.3 Å². The minimum Gasteiger partial charge on any atom is -0.358 e. The molecule has 3 saturated heterocycles. The van der Waals surface area contributed by atoms with Gasteiger partial charge in [0, 0.05) is 29.2 Å². The smallest absolute Gasteiger partial charge is 0.188 e. The highest BCUT2D eigenvalue weighted by Crippen LogP contribution is 2.54. The SMILES string of the molecule is CCO[C@H]1OC1C1(C2OC2NC2CC(Cl)CC(Cl)C2)OCCS1. The third-order valence-electron chi connectivity index (χ3n) is 4.80. The standard InChI is InChI=1S/C15H23Cl2NO4S/c1-2-19-14-12(22-14)15(20-3-4-23-15)11-13(21-11)18-10-6-8(16)5-9(17)7-10/h8-14,18H,2-7H2,1H3/t8?,9?,10?,11?,12?,13?,14-,15?/m0/s1. The van der Waals surface area contributed by atoms with Gasteiger partial charge in [0.2, 0.25) is 0 Å². The lowest BCUT2D eigenvalue weighted by molar-refractivity contribution is 0.00804. The fourth-order valence-electron chi connectivity index (χ4n) is 3.71. The molecule has 23 heavy (non-hydrogen) atoms. The molecular weight excluding hydrogens is 361 g/mol. The van der Waals surface area contributed by atoms with E-state index in [4.69, 9.17) is 42.1 Å². The number of hydrogen-bond donors (Lipinski definition) is 1. The number of hydrogen-bond acceptors (Lipinski definition) is 6. The van der Waals surface area contributed by atoms with Crippen LogP contribution in [0.5, 0.6) is 0 Å². The molecule has 7 atom stereocenters. The summed E-state index contributed by atoms with van der Waals surface area (Å²) in [5, 5.41) is 3.83. The van der Waals surface area contributed by atoms with Crippen molar-refractivity contribution < 1.29 is 18.9 Å². The summed E-state index contributed by atoms with van der Waals surface area (Å²) < 4.78 is 23.3. The monoisotopic (exact) mass is 383 g/mol. The number of rotatable bonds is 6. The van der Waals surface area contributed by atoms with E-state index in [0.29, 0.717) is 12.6 Å². The summed E-state index contributed by atoms with van der Waals surface area (Å²) in [6.45, 7) is 3.35. The van der Waals surface area contributed by atoms with E-state index in [0.717, 1.165) is 31.6 Å². The largest absolute Gasteiger partial charge is 0.358 e. The average molecular weight is 384 g/mol. The van der Waals surface area contributed by atoms with Crippen LogP contribution in [0, 0.1) is 0 Å². The topological polar surface area (TPSA) is 55.5 Å². The summed E-state index contributed by atoms with van der Waals surface area (Å²) in [5.74, 6) is 0.961. The van der Waals surface area contributed by atoms with Gasteiger partial charge in [0.25, 0.3) is 0 Å². The first-order valence-corrected chi connectivity index (χ1v) is 10.2. The van der Waals surface area contributed by atoms with Gasteiger partial charge >= 0.3 is 0 Å². The second kappa shape index (κ2) is 6.80. The van der Waals surface area contributed by atoms with Crippen LogP contribution in [0.3, 0.4) is 0 Å². The Labute approximate surface area is 151 Å². The van der Waals surface area contributed by atoms with Gasteiger partial charge in [-0.25, -0.2) is 0 Å². The van der Waals surface area contributed by atoms with Crippen molar-refractivity contribution in [1.82, 2.24) is 5.32 Å². The first-order valence-electron chi connectivity index (χ1n) is 8.37. The van der Waals surface area contributed by atoms with E-state index < -0.39 is 4.93 Å². The second-order valence-electron chi connectivity index (χ2n) is 6.54. The van der Waals surface area contributed by atoms with E-state index in [1.54, 1.807) is 11.8 Å². The van der Waals surface area contributed by atoms with Gasteiger partial charge in [-0.3, -0.25) is 5.32 Å². The molecule has 1 N–H and O–H groups in total. The molecule has 6 unspecified atom stereocenters. The molecule has 5 nitrogen and oxygen atoms in total. The Balaban J connectivity index is 1.35. The molecule has 4 rings (SSSR count). The zero-order valence-corrected chi connectivity index (χ0v) is 15.4. The van der Waals surface area contributed by atoms with Gasteiger partial charge < -0.3 is 18.9 Å². The van der Waals surface area contributed by atoms with Gasteiger partial charge in [-0.2, -0.15) is 0 Å². The quantitative estimate of drug-likeness (QED) is 0.560. The van der Waals surface area contributed by atoms with Gasteiger partial charge in [-0.05, 0) is 26.2 Å². The van der Waals surface area contributed by atoms with E-state index >= 15 is 0 Å². The van der Waals surface area contributed by atoms with Crippen LogP contribution in [0.2, 0.25) is 0 Å². The summed E-state index contributed by atoms with van der Waals surface area (Å²) >= 11 is 14.4. The normalized spacial score (nSPS) is 52.6. The van der Waals surface area contributed by atoms with Crippen molar-refractivity contribution in [3.63, 3.8) is 0 Å². The molecule has 4 fully saturated rings. The molecule has 3 heterocycles. The first kappa shape index (κ1) is 17.2. The average Bonchev–Trinajstić information content (AvgIpc) is 3.39. The number of alkyl halides is 2. The van der Waals surface area contributed by atoms with Crippen LogP contribution in [0.15, 0.2) is 0 Å². The Kier molecular flexibility index (Phi) is 5.07. The fraction of sp³-hybridized carbons (Fsp3) is 1.00. The molecular formula is C15H23Cl2NO4S. The van der Waals surface area contributed by atoms with Crippen LogP contribution >= 0.6 is 35.0 Å². The third-order valence-corrected chi connectivity index (χ3v) is 6.91. The van der Waals surface area contributed by atoms with Crippen molar-refractivity contribution in [2.45, 2.75) is 72.6 Å². The number of nitrogens with one attached hydrogen (secondary N) is 1. The molecule has 4 aliphatic rings. The highest BCUT2D eigenvalue weighted by molar-refractivity contribution is 8.00. The molecule has 0 amide bonds. The first-order chi connectivity index (χ1) is 11.1. The molecule has 0 aromatic heterocycles. The predicted octanol–water partition coefficient (Wildman–Crippen LogP) is 2.29. The van der Waals surface area contributed by atoms with Crippen LogP contribution in [0.4, 0.5) is 0 Å². The molecule has 0 aromatic carbocycles. The Bertz CT molecular complexity index is 430. The van der Waals surface area contributed by atoms with Crippen molar-refractivity contribution in [1.29, 1.82) is 0 Å². The summed E-state index contributed by atoms with van der Waals surface area (Å²) in [6.07, 6.45) is 2.52. The Hall–Kier alpha value is 0.730. The lowest BCUT2D eigenvalue weighted by atomic mass is 9.94. The zero-order valence-electron chi connectivity index (χ0n) is 13.1. The number of halogens is 2. The maximum Gasteiger partial charge on any atom is 0.188 e. The number of epoxide rings is 2. The van der Waals surface area contributed by atoms with Crippen molar-refractivity contribution in [3.8, 4) is 0 Å². The lowest BCUT2D eigenvalue weighted by Crippen LogP contribution is -2.45. The third kappa shape index (κ3) is 3.51. The minimum absolute atomic E-state index is 0.00469. The number of thioether (sulfide) groups is 1. The molecule has 132 valence electrons. The Morgan fingerprint density at radius 1 is 1.17 bits per heavy atom. The molecule has 0 spiro atoms. The van der Waals surface area contributed by atoms with Crippen LogP contribution in [-0.4, -0.2) is 65.4 Å². The predicted molar refractivity (Wildman–Crippen MR) is 90.1 cm³/mol. The molecule has 0 bridgehead atoms. The van der Waals surface area contributed by atoms with Gasteiger partial charge in [0.1, 0.15) is 12.3 Å². The van der Waals surface area contributed by atoms with E-state index in [-0.39, 0.29) is 35.5 Å². The highest BCUT2D eigenvalue weighted by Gasteiger charge is 2.69. The Morgan fingerprint density at radius 2 is 1.96 bits per heavy atom. The van der Waals surface area contributed by atoms with Crippen LogP contribution in [-0.2, 0) is 18.9 Å². The summed E-state index contributed by atoms with van der Waals surface area (Å²) in [4.78, 5) is -0.438. The van der Waals surface area contributed by atoms with Crippen LogP contribution < -0.4 is 5.32 Å². The zero-order chi connectivity index (χ0) is 16.0. The summed E-state index contributed by atoms with van der Waals surface area (Å²) in [7, 11) is 0. The molecule has 0 aromatic rings. The second-order valence-corrected chi connectivity index (χ2v) is 9.11. The van der Waals surface area contributed by atoms with Crippen molar-refractivity contribution >= 4 is 35.0 Å². The molecule has 3 aliphatic heterocycles. The summed E-state index contributed by atoms with van der Waals surface area (Å²) in [6, 6.07) is 0.301. The Morgan fingerprint density at radius 3 is 2.61 bits per heavy atom. The van der Waals surface area contributed by atoms with E-state index in [1.165, 1.54) is 0 Å². The van der Waals surface area contributed by atoms with Gasteiger partial charge in [-0.15, -0.1) is 35.0 Å². The lowest BCUT2D eigenvalue weighted by Gasteiger charge is -2.30. The van der Waals surface area contributed by atoms with Crippen molar-refractivity contribution in [2.75, 3.05) is 19.0 Å². The molecule has 1 saturated carbocycles. The van der Waals surface area contributed by atoms with Crippen LogP contribution in [0.1, 0.15) is 26.2 Å². The maximum absolute atomic E-state index is 6.28. The maximum atomic E-state index is 6.28. The van der Waals surface area contributed by atoms with Crippen molar-refractivity contribution in [3.05, 3.63) is 0 Å². The van der Waals surface area contributed by atoms with Crippen molar-refractivity contribution in [2.24, 2.45) is 0 Å². The fourth-order valence-corrected chi connectivity index (χ4v) is 5.98. The van der Waals surface area contributed by atoms with E-state index in [9.17, 15) is 0 Å². The highest BCUT2D eigenvalue weighted by atomic mass is 35.5. The summed E-state index contributed by atoms with van der Waals surface area (Å²) in [5.41, 5.74) is 0. The van der Waals surface area contributed by atoms with Gasteiger partial charge in [-0.1, -0.05) is 0 Å². The van der Waals surface area contributed by atoms with E-state index in [1.807, 2.05) is 6.92 Å². The van der Waals surface area contributed by atoms with Crippen LogP contribution in [0.25, 0.3) is 0 Å².